The van der Waals surface area contributed by atoms with Gasteiger partial charge in [-0.15, -0.1) is 0 Å². The summed E-state index contributed by atoms with van der Waals surface area (Å²) in [7, 11) is 1.61. The van der Waals surface area contributed by atoms with Crippen LogP contribution in [0.1, 0.15) is 27.9 Å². The molecule has 0 saturated carbocycles. The molecule has 1 amide bonds. The largest absolute Gasteiger partial charge is 0.493 e. The third-order valence-electron chi connectivity index (χ3n) is 3.92. The lowest BCUT2D eigenvalue weighted by Gasteiger charge is -2.22. The molecule has 0 aliphatic heterocycles. The molecule has 0 spiro atoms. The van der Waals surface area contributed by atoms with Gasteiger partial charge in [-0.05, 0) is 41.9 Å². The van der Waals surface area contributed by atoms with Crippen LogP contribution in [0.25, 0.3) is 0 Å². The number of ether oxygens (including phenoxy) is 2. The molecule has 0 bridgehead atoms. The number of aryl methyl sites for hydroxylation is 1. The van der Waals surface area contributed by atoms with Crippen molar-refractivity contribution in [3.05, 3.63) is 53.5 Å². The van der Waals surface area contributed by atoms with E-state index in [1.54, 1.807) is 30.6 Å². The van der Waals surface area contributed by atoms with Crippen molar-refractivity contribution in [1.82, 2.24) is 4.90 Å². The molecule has 1 aromatic carbocycles. The van der Waals surface area contributed by atoms with Crippen LogP contribution in [-0.2, 0) is 16.1 Å². The van der Waals surface area contributed by atoms with Crippen molar-refractivity contribution >= 4 is 11.9 Å². The first-order valence-electron chi connectivity index (χ1n) is 9.24. The summed E-state index contributed by atoms with van der Waals surface area (Å²) in [6.07, 6.45) is 3.81. The zero-order valence-electron chi connectivity index (χ0n) is 16.8. The molecule has 2 rings (SSSR count). The van der Waals surface area contributed by atoms with E-state index in [9.17, 15) is 4.79 Å². The Morgan fingerprint density at radius 3 is 2.72 bits per heavy atom. The molecular formula is C20H28N4O5. The normalized spacial score (nSPS) is 10.4. The Kier molecular flexibility index (Phi) is 8.84. The number of benzene rings is 1. The number of carbonyl (C=O) groups excluding carboxylic acids is 1. The molecule has 2 aromatic rings. The third kappa shape index (κ3) is 7.74. The quantitative estimate of drug-likeness (QED) is 0.239. The maximum atomic E-state index is 13.1. The highest BCUT2D eigenvalue weighted by atomic mass is 16.6. The van der Waals surface area contributed by atoms with Crippen molar-refractivity contribution in [2.24, 2.45) is 16.6 Å². The number of hydrogen-bond donors (Lipinski definition) is 2. The van der Waals surface area contributed by atoms with E-state index in [0.29, 0.717) is 50.6 Å². The summed E-state index contributed by atoms with van der Waals surface area (Å²) in [4.78, 5) is 19.7. The van der Waals surface area contributed by atoms with Crippen molar-refractivity contribution in [3.63, 3.8) is 0 Å². The van der Waals surface area contributed by atoms with Crippen LogP contribution in [0.15, 0.2) is 46.4 Å². The predicted octanol–water partition coefficient (Wildman–Crippen LogP) is 1.85. The van der Waals surface area contributed by atoms with Gasteiger partial charge in [0, 0.05) is 37.7 Å². The van der Waals surface area contributed by atoms with Crippen LogP contribution in [-0.4, -0.2) is 50.2 Å². The van der Waals surface area contributed by atoms with Crippen LogP contribution < -0.4 is 16.2 Å². The van der Waals surface area contributed by atoms with Gasteiger partial charge in [0.2, 0.25) is 5.96 Å². The van der Waals surface area contributed by atoms with Gasteiger partial charge in [-0.3, -0.25) is 4.79 Å². The van der Waals surface area contributed by atoms with Gasteiger partial charge in [-0.1, -0.05) is 0 Å². The Morgan fingerprint density at radius 1 is 1.21 bits per heavy atom. The lowest BCUT2D eigenvalue weighted by atomic mass is 10.1. The smallest absolute Gasteiger partial charge is 0.254 e. The zero-order chi connectivity index (χ0) is 21.1. The first-order chi connectivity index (χ1) is 14.0. The molecule has 0 aliphatic carbocycles. The van der Waals surface area contributed by atoms with Crippen LogP contribution in [0, 0.1) is 6.92 Å². The maximum absolute atomic E-state index is 13.1. The molecule has 0 atom stereocenters. The summed E-state index contributed by atoms with van der Waals surface area (Å²) >= 11 is 0. The average molecular weight is 404 g/mol. The fourth-order valence-electron chi connectivity index (χ4n) is 2.63. The number of nitrogens with zero attached hydrogens (tertiary/aromatic N) is 2. The second-order valence-electron chi connectivity index (χ2n) is 6.44. The zero-order valence-corrected chi connectivity index (χ0v) is 16.8. The summed E-state index contributed by atoms with van der Waals surface area (Å²) in [5.74, 6) is 0.388. The number of guanidine groups is 1. The van der Waals surface area contributed by atoms with E-state index in [1.165, 1.54) is 0 Å². The van der Waals surface area contributed by atoms with Gasteiger partial charge in [0.15, 0.2) is 0 Å². The first-order valence-corrected chi connectivity index (χ1v) is 9.24. The molecule has 9 heteroatoms. The number of oxime groups is 1. The van der Waals surface area contributed by atoms with Crippen molar-refractivity contribution in [1.29, 1.82) is 0 Å². The minimum Gasteiger partial charge on any atom is -0.493 e. The fourth-order valence-corrected chi connectivity index (χ4v) is 2.63. The Hall–Kier alpha value is -3.20. The van der Waals surface area contributed by atoms with Crippen LogP contribution in [0.2, 0.25) is 0 Å². The summed E-state index contributed by atoms with van der Waals surface area (Å²) in [5, 5.41) is 3.44. The van der Waals surface area contributed by atoms with Gasteiger partial charge < -0.3 is 35.1 Å². The number of carbonyl (C=O) groups is 1. The molecule has 29 heavy (non-hydrogen) atoms. The lowest BCUT2D eigenvalue weighted by molar-refractivity contribution is 0.0679. The highest BCUT2D eigenvalue weighted by Gasteiger charge is 2.18. The van der Waals surface area contributed by atoms with Gasteiger partial charge in [-0.2, -0.15) is 0 Å². The van der Waals surface area contributed by atoms with Crippen LogP contribution in [0.5, 0.6) is 5.75 Å². The average Bonchev–Trinajstić information content (AvgIpc) is 3.19. The van der Waals surface area contributed by atoms with Gasteiger partial charge >= 0.3 is 0 Å². The summed E-state index contributed by atoms with van der Waals surface area (Å²) in [6.45, 7) is 3.98. The summed E-state index contributed by atoms with van der Waals surface area (Å²) < 4.78 is 16.0. The number of methoxy groups -OCH3 is 1. The highest BCUT2D eigenvalue weighted by Crippen LogP contribution is 2.20. The van der Waals surface area contributed by atoms with E-state index >= 15 is 0 Å². The minimum absolute atomic E-state index is 0.104. The van der Waals surface area contributed by atoms with E-state index in [4.69, 9.17) is 30.2 Å². The van der Waals surface area contributed by atoms with Crippen LogP contribution >= 0.6 is 0 Å². The molecular weight excluding hydrogens is 376 g/mol. The van der Waals surface area contributed by atoms with E-state index in [0.717, 1.165) is 11.1 Å². The molecule has 0 saturated heterocycles. The summed E-state index contributed by atoms with van der Waals surface area (Å²) in [6, 6.07) is 7.29. The Morgan fingerprint density at radius 2 is 2.03 bits per heavy atom. The minimum atomic E-state index is -0.124. The molecule has 0 radical (unpaired) electrons. The SMILES string of the molecule is COCCN(Cc1ccoc1)C(=O)c1cc(C)cc(OCCCON=C(N)N)c1. The molecule has 0 unspecified atom stereocenters. The Labute approximate surface area is 170 Å². The highest BCUT2D eigenvalue weighted by molar-refractivity contribution is 5.94. The lowest BCUT2D eigenvalue weighted by Crippen LogP contribution is -2.33. The number of furan rings is 1. The van der Waals surface area contributed by atoms with Crippen molar-refractivity contribution < 1.29 is 23.5 Å². The molecule has 1 aromatic heterocycles. The molecule has 1 heterocycles. The number of rotatable bonds is 12. The van der Waals surface area contributed by atoms with Crippen molar-refractivity contribution in [2.45, 2.75) is 19.9 Å². The van der Waals surface area contributed by atoms with Crippen molar-refractivity contribution in [2.75, 3.05) is 33.5 Å². The van der Waals surface area contributed by atoms with E-state index in [1.807, 2.05) is 25.1 Å². The molecule has 0 fully saturated rings. The standard InChI is InChI=1S/C20H28N4O5/c1-15-10-17(12-18(11-15)28-6-3-7-29-23-20(21)22)19(25)24(5-9-26-2)13-16-4-8-27-14-16/h4,8,10-12,14H,3,5-7,9,13H2,1-2H3,(H4,21,22,23). The molecule has 4 N–H and O–H groups in total. The third-order valence-corrected chi connectivity index (χ3v) is 3.92. The molecule has 9 nitrogen and oxygen atoms in total. The van der Waals surface area contributed by atoms with E-state index in [2.05, 4.69) is 5.16 Å². The molecule has 0 aliphatic rings. The fraction of sp³-hybridized carbons (Fsp3) is 0.400. The van der Waals surface area contributed by atoms with E-state index < -0.39 is 0 Å². The second-order valence-corrected chi connectivity index (χ2v) is 6.44. The monoisotopic (exact) mass is 404 g/mol. The number of hydrogen-bond acceptors (Lipinski definition) is 6. The number of amides is 1. The topological polar surface area (TPSA) is 126 Å². The maximum Gasteiger partial charge on any atom is 0.254 e. The van der Waals surface area contributed by atoms with Gasteiger partial charge in [-0.25, -0.2) is 0 Å². The van der Waals surface area contributed by atoms with Crippen LogP contribution in [0.4, 0.5) is 0 Å². The Bertz CT molecular complexity index is 788. The van der Waals surface area contributed by atoms with Gasteiger partial charge in [0.25, 0.3) is 5.91 Å². The van der Waals surface area contributed by atoms with Crippen LogP contribution in [0.3, 0.4) is 0 Å². The van der Waals surface area contributed by atoms with Gasteiger partial charge in [0.05, 0.1) is 25.7 Å². The predicted molar refractivity (Wildman–Crippen MR) is 108 cm³/mol. The first kappa shape index (κ1) is 22.1. The second kappa shape index (κ2) is 11.6. The summed E-state index contributed by atoms with van der Waals surface area (Å²) in [5.41, 5.74) is 12.8. The van der Waals surface area contributed by atoms with Crippen molar-refractivity contribution in [3.8, 4) is 5.75 Å². The van der Waals surface area contributed by atoms with Gasteiger partial charge in [0.1, 0.15) is 12.4 Å². The Balaban J connectivity index is 2.01. The number of nitrogens with two attached hydrogens (primary N) is 2. The molecule has 158 valence electrons. The van der Waals surface area contributed by atoms with E-state index in [-0.39, 0.29) is 11.9 Å².